The standard InChI is InChI=1S/C15H22N2O3.ClH/c1-4-17(5-2)11(3)16-15(18)12-7-6-8-13-14(12)20-10-9-19-13;/h6-8,11H,4-5,9-10H2,1-3H3,(H,16,18);1H. The lowest BCUT2D eigenvalue weighted by Gasteiger charge is -2.27. The number of hydrogen-bond acceptors (Lipinski definition) is 4. The maximum atomic E-state index is 12.4. The van der Waals surface area contributed by atoms with Crippen LogP contribution in [0.3, 0.4) is 0 Å². The lowest BCUT2D eigenvalue weighted by atomic mass is 10.1. The van der Waals surface area contributed by atoms with E-state index in [0.717, 1.165) is 13.1 Å². The molecule has 6 heteroatoms. The van der Waals surface area contributed by atoms with E-state index >= 15 is 0 Å². The van der Waals surface area contributed by atoms with Gasteiger partial charge in [0, 0.05) is 0 Å². The van der Waals surface area contributed by atoms with Crippen LogP contribution in [0.2, 0.25) is 0 Å². The number of amides is 1. The fraction of sp³-hybridized carbons (Fsp3) is 0.533. The molecule has 1 atom stereocenters. The van der Waals surface area contributed by atoms with Crippen LogP contribution >= 0.6 is 12.4 Å². The third-order valence-electron chi connectivity index (χ3n) is 3.51. The molecule has 1 unspecified atom stereocenters. The fourth-order valence-electron chi connectivity index (χ4n) is 2.38. The summed E-state index contributed by atoms with van der Waals surface area (Å²) in [5, 5.41) is 3.00. The van der Waals surface area contributed by atoms with Gasteiger partial charge in [-0.2, -0.15) is 0 Å². The molecule has 0 aliphatic carbocycles. The van der Waals surface area contributed by atoms with Crippen LogP contribution in [0.1, 0.15) is 31.1 Å². The Labute approximate surface area is 132 Å². The van der Waals surface area contributed by atoms with Gasteiger partial charge in [0.2, 0.25) is 0 Å². The highest BCUT2D eigenvalue weighted by molar-refractivity contribution is 5.98. The van der Waals surface area contributed by atoms with Crippen LogP contribution in [0, 0.1) is 0 Å². The highest BCUT2D eigenvalue weighted by atomic mass is 35.5. The Bertz CT molecular complexity index is 478. The van der Waals surface area contributed by atoms with Crippen LogP contribution in [0.25, 0.3) is 0 Å². The van der Waals surface area contributed by atoms with Gasteiger partial charge in [-0.1, -0.05) is 19.9 Å². The third kappa shape index (κ3) is 4.02. The minimum absolute atomic E-state index is 0. The van der Waals surface area contributed by atoms with E-state index in [2.05, 4.69) is 24.1 Å². The van der Waals surface area contributed by atoms with Gasteiger partial charge in [-0.3, -0.25) is 9.69 Å². The predicted octanol–water partition coefficient (Wildman–Crippen LogP) is 2.30. The van der Waals surface area contributed by atoms with E-state index in [1.54, 1.807) is 6.07 Å². The maximum absolute atomic E-state index is 12.4. The number of fused-ring (bicyclic) bond motifs is 1. The number of para-hydroxylation sites is 1. The summed E-state index contributed by atoms with van der Waals surface area (Å²) in [6.45, 7) is 8.92. The second kappa shape index (κ2) is 8.10. The molecule has 0 fully saturated rings. The summed E-state index contributed by atoms with van der Waals surface area (Å²) in [6.07, 6.45) is -0.0159. The third-order valence-corrected chi connectivity index (χ3v) is 3.51. The van der Waals surface area contributed by atoms with Gasteiger partial charge in [0.15, 0.2) is 11.5 Å². The molecular formula is C15H23ClN2O3. The first kappa shape index (κ1) is 17.6. The first-order valence-corrected chi connectivity index (χ1v) is 7.10. The van der Waals surface area contributed by atoms with Gasteiger partial charge in [0.25, 0.3) is 5.91 Å². The molecule has 0 spiro atoms. The van der Waals surface area contributed by atoms with Crippen LogP contribution in [0.4, 0.5) is 0 Å². The summed E-state index contributed by atoms with van der Waals surface area (Å²) in [5.41, 5.74) is 0.529. The van der Waals surface area contributed by atoms with Crippen molar-refractivity contribution in [3.8, 4) is 11.5 Å². The van der Waals surface area contributed by atoms with Crippen molar-refractivity contribution in [1.29, 1.82) is 0 Å². The molecule has 1 heterocycles. The quantitative estimate of drug-likeness (QED) is 0.847. The van der Waals surface area contributed by atoms with Gasteiger partial charge < -0.3 is 14.8 Å². The fourth-order valence-corrected chi connectivity index (χ4v) is 2.38. The molecule has 1 N–H and O–H groups in total. The van der Waals surface area contributed by atoms with Gasteiger partial charge in [-0.15, -0.1) is 12.4 Å². The van der Waals surface area contributed by atoms with Crippen LogP contribution in [0.5, 0.6) is 11.5 Å². The van der Waals surface area contributed by atoms with Crippen LogP contribution in [-0.2, 0) is 0 Å². The molecule has 2 rings (SSSR count). The Balaban J connectivity index is 0.00000220. The van der Waals surface area contributed by atoms with Gasteiger partial charge in [0.1, 0.15) is 13.2 Å². The van der Waals surface area contributed by atoms with E-state index in [-0.39, 0.29) is 24.5 Å². The summed E-state index contributed by atoms with van der Waals surface area (Å²) in [4.78, 5) is 14.6. The van der Waals surface area contributed by atoms with Crippen LogP contribution < -0.4 is 14.8 Å². The first-order chi connectivity index (χ1) is 9.67. The summed E-state index contributed by atoms with van der Waals surface area (Å²) in [6, 6.07) is 5.39. The molecule has 0 bridgehead atoms. The number of carbonyl (C=O) groups excluding carboxylic acids is 1. The second-order valence-electron chi connectivity index (χ2n) is 4.70. The van der Waals surface area contributed by atoms with E-state index < -0.39 is 0 Å². The molecule has 0 saturated heterocycles. The average Bonchev–Trinajstić information content (AvgIpc) is 2.47. The molecule has 0 aromatic heterocycles. The lowest BCUT2D eigenvalue weighted by Crippen LogP contribution is -2.46. The Morgan fingerprint density at radius 2 is 1.95 bits per heavy atom. The normalized spacial score (nSPS) is 14.3. The molecule has 21 heavy (non-hydrogen) atoms. The van der Waals surface area contributed by atoms with Crippen LogP contribution in [0.15, 0.2) is 18.2 Å². The van der Waals surface area contributed by atoms with Gasteiger partial charge in [-0.05, 0) is 32.1 Å². The van der Waals surface area contributed by atoms with Crippen molar-refractivity contribution in [3.63, 3.8) is 0 Å². The lowest BCUT2D eigenvalue weighted by molar-refractivity contribution is 0.0864. The highest BCUT2D eigenvalue weighted by Crippen LogP contribution is 2.33. The minimum atomic E-state index is -0.133. The second-order valence-corrected chi connectivity index (χ2v) is 4.70. The summed E-state index contributed by atoms with van der Waals surface area (Å²) in [5.74, 6) is 1.05. The predicted molar refractivity (Wildman–Crippen MR) is 84.5 cm³/mol. The van der Waals surface area contributed by atoms with Crippen molar-refractivity contribution >= 4 is 18.3 Å². The van der Waals surface area contributed by atoms with Crippen molar-refractivity contribution in [2.75, 3.05) is 26.3 Å². The molecule has 1 aliphatic rings. The number of halogens is 1. The van der Waals surface area contributed by atoms with Gasteiger partial charge >= 0.3 is 0 Å². The number of benzene rings is 1. The Morgan fingerprint density at radius 1 is 1.29 bits per heavy atom. The molecule has 1 aromatic rings. The van der Waals surface area contributed by atoms with E-state index in [0.29, 0.717) is 30.3 Å². The van der Waals surface area contributed by atoms with E-state index in [1.165, 1.54) is 0 Å². The van der Waals surface area contributed by atoms with Gasteiger partial charge in [-0.25, -0.2) is 0 Å². The zero-order valence-corrected chi connectivity index (χ0v) is 13.5. The zero-order chi connectivity index (χ0) is 14.5. The monoisotopic (exact) mass is 314 g/mol. The number of ether oxygens (including phenoxy) is 2. The van der Waals surface area contributed by atoms with Gasteiger partial charge in [0.05, 0.1) is 11.7 Å². The van der Waals surface area contributed by atoms with Crippen molar-refractivity contribution in [1.82, 2.24) is 10.2 Å². The topological polar surface area (TPSA) is 50.8 Å². The largest absolute Gasteiger partial charge is 0.486 e. The molecule has 0 radical (unpaired) electrons. The summed E-state index contributed by atoms with van der Waals surface area (Å²) >= 11 is 0. The van der Waals surface area contributed by atoms with E-state index in [9.17, 15) is 4.79 Å². The maximum Gasteiger partial charge on any atom is 0.256 e. The summed E-state index contributed by atoms with van der Waals surface area (Å²) < 4.78 is 11.1. The number of nitrogens with one attached hydrogen (secondary N) is 1. The van der Waals surface area contributed by atoms with E-state index in [4.69, 9.17) is 9.47 Å². The molecule has 1 amide bonds. The molecule has 1 aliphatic heterocycles. The number of hydrogen-bond donors (Lipinski definition) is 1. The van der Waals surface area contributed by atoms with E-state index in [1.807, 2.05) is 19.1 Å². The van der Waals surface area contributed by atoms with Crippen molar-refractivity contribution in [3.05, 3.63) is 23.8 Å². The molecule has 0 saturated carbocycles. The Hall–Kier alpha value is -1.46. The minimum Gasteiger partial charge on any atom is -0.486 e. The molecule has 5 nitrogen and oxygen atoms in total. The van der Waals surface area contributed by atoms with Crippen LogP contribution in [-0.4, -0.2) is 43.3 Å². The highest BCUT2D eigenvalue weighted by Gasteiger charge is 2.22. The first-order valence-electron chi connectivity index (χ1n) is 7.10. The smallest absolute Gasteiger partial charge is 0.256 e. The SMILES string of the molecule is CCN(CC)C(C)NC(=O)c1cccc2c1OCCO2.Cl. The average molecular weight is 315 g/mol. The number of carbonyl (C=O) groups is 1. The molecule has 1 aromatic carbocycles. The van der Waals surface area contributed by atoms with Crippen molar-refractivity contribution in [2.45, 2.75) is 26.9 Å². The van der Waals surface area contributed by atoms with Crippen molar-refractivity contribution < 1.29 is 14.3 Å². The Kier molecular flexibility index (Phi) is 6.78. The summed E-state index contributed by atoms with van der Waals surface area (Å²) in [7, 11) is 0. The number of rotatable bonds is 5. The number of nitrogens with zero attached hydrogens (tertiary/aromatic N) is 1. The molecule has 118 valence electrons. The molecular weight excluding hydrogens is 292 g/mol. The Morgan fingerprint density at radius 3 is 2.62 bits per heavy atom. The van der Waals surface area contributed by atoms with Crippen molar-refractivity contribution in [2.24, 2.45) is 0 Å². The zero-order valence-electron chi connectivity index (χ0n) is 12.7.